The first-order valence-electron chi connectivity index (χ1n) is 5.75. The van der Waals surface area contributed by atoms with Crippen molar-refractivity contribution in [3.8, 4) is 5.75 Å². The molecule has 1 rings (SSSR count). The number of benzene rings is 1. The third-order valence-corrected chi connectivity index (χ3v) is 2.32. The highest BCUT2D eigenvalue weighted by molar-refractivity contribution is 5.84. The van der Waals surface area contributed by atoms with Gasteiger partial charge < -0.3 is 15.2 Å². The highest BCUT2D eigenvalue weighted by Crippen LogP contribution is 2.22. The van der Waals surface area contributed by atoms with Crippen LogP contribution in [0.1, 0.15) is 6.42 Å². The van der Waals surface area contributed by atoms with Gasteiger partial charge in [0.15, 0.2) is 18.2 Å². The molecule has 0 saturated heterocycles. The number of carbonyl (C=O) groups excluding carboxylic acids is 1. The third kappa shape index (κ3) is 5.94. The standard InChI is InChI=1S/C12H10F5NO4/c13-6-1-2-9(7(14)3-6)22-5-10(19)18-8(11(20)21)4-12(15,16)17/h1-3,8H,4-5H2,(H,18,19)(H,20,21). The van der Waals surface area contributed by atoms with E-state index in [0.29, 0.717) is 6.07 Å². The van der Waals surface area contributed by atoms with E-state index in [2.05, 4.69) is 4.74 Å². The highest BCUT2D eigenvalue weighted by atomic mass is 19.4. The molecule has 1 amide bonds. The fourth-order valence-corrected chi connectivity index (χ4v) is 1.40. The maximum atomic E-state index is 13.2. The third-order valence-electron chi connectivity index (χ3n) is 2.32. The molecule has 0 heterocycles. The van der Waals surface area contributed by atoms with Gasteiger partial charge in [-0.15, -0.1) is 0 Å². The van der Waals surface area contributed by atoms with Crippen LogP contribution in [0.15, 0.2) is 18.2 Å². The van der Waals surface area contributed by atoms with Gasteiger partial charge in [0, 0.05) is 6.07 Å². The summed E-state index contributed by atoms with van der Waals surface area (Å²) in [7, 11) is 0. The topological polar surface area (TPSA) is 75.6 Å². The van der Waals surface area contributed by atoms with Crippen molar-refractivity contribution in [1.82, 2.24) is 5.32 Å². The van der Waals surface area contributed by atoms with Crippen LogP contribution >= 0.6 is 0 Å². The van der Waals surface area contributed by atoms with E-state index in [1.165, 1.54) is 0 Å². The summed E-state index contributed by atoms with van der Waals surface area (Å²) in [5.74, 6) is -5.57. The van der Waals surface area contributed by atoms with Gasteiger partial charge in [0.1, 0.15) is 11.9 Å². The number of aliphatic carboxylic acids is 1. The Morgan fingerprint density at radius 1 is 1.27 bits per heavy atom. The van der Waals surface area contributed by atoms with Gasteiger partial charge in [0.05, 0.1) is 6.42 Å². The highest BCUT2D eigenvalue weighted by Gasteiger charge is 2.36. The van der Waals surface area contributed by atoms with Gasteiger partial charge in [-0.3, -0.25) is 4.79 Å². The maximum absolute atomic E-state index is 13.2. The number of rotatable bonds is 6. The zero-order valence-electron chi connectivity index (χ0n) is 10.8. The molecule has 122 valence electrons. The first-order valence-corrected chi connectivity index (χ1v) is 5.75. The van der Waals surface area contributed by atoms with E-state index in [0.717, 1.165) is 12.1 Å². The number of amides is 1. The molecule has 1 unspecified atom stereocenters. The summed E-state index contributed by atoms with van der Waals surface area (Å²) in [6.45, 7) is -0.926. The number of carboxylic acid groups (broad SMARTS) is 1. The van der Waals surface area contributed by atoms with E-state index in [1.807, 2.05) is 0 Å². The molecule has 10 heteroatoms. The van der Waals surface area contributed by atoms with Crippen LogP contribution in [0.4, 0.5) is 22.0 Å². The summed E-state index contributed by atoms with van der Waals surface area (Å²) in [5, 5.41) is 10.2. The number of ether oxygens (including phenoxy) is 1. The minimum atomic E-state index is -4.79. The molecular formula is C12H10F5NO4. The number of halogens is 5. The van der Waals surface area contributed by atoms with Gasteiger partial charge in [-0.05, 0) is 12.1 Å². The maximum Gasteiger partial charge on any atom is 0.391 e. The smallest absolute Gasteiger partial charge is 0.391 e. The molecule has 1 aromatic carbocycles. The van der Waals surface area contributed by atoms with Crippen LogP contribution in [-0.4, -0.2) is 35.8 Å². The molecule has 1 atom stereocenters. The van der Waals surface area contributed by atoms with Crippen molar-refractivity contribution in [2.75, 3.05) is 6.61 Å². The van der Waals surface area contributed by atoms with Crippen LogP contribution in [0.2, 0.25) is 0 Å². The number of alkyl halides is 3. The van der Waals surface area contributed by atoms with Crippen molar-refractivity contribution in [3.05, 3.63) is 29.8 Å². The molecule has 0 aliphatic carbocycles. The van der Waals surface area contributed by atoms with Crippen molar-refractivity contribution in [3.63, 3.8) is 0 Å². The lowest BCUT2D eigenvalue weighted by Crippen LogP contribution is -2.45. The average molecular weight is 327 g/mol. The Hall–Kier alpha value is -2.39. The van der Waals surface area contributed by atoms with Crippen molar-refractivity contribution < 1.29 is 41.4 Å². The van der Waals surface area contributed by atoms with Crippen molar-refractivity contribution in [1.29, 1.82) is 0 Å². The molecule has 0 radical (unpaired) electrons. The van der Waals surface area contributed by atoms with Gasteiger partial charge in [-0.25, -0.2) is 13.6 Å². The lowest BCUT2D eigenvalue weighted by molar-refractivity contribution is -0.160. The van der Waals surface area contributed by atoms with Gasteiger partial charge in [-0.1, -0.05) is 0 Å². The van der Waals surface area contributed by atoms with Gasteiger partial charge in [-0.2, -0.15) is 13.2 Å². The van der Waals surface area contributed by atoms with Crippen LogP contribution in [0.3, 0.4) is 0 Å². The summed E-state index contributed by atoms with van der Waals surface area (Å²) >= 11 is 0. The van der Waals surface area contributed by atoms with E-state index >= 15 is 0 Å². The van der Waals surface area contributed by atoms with E-state index in [-0.39, 0.29) is 0 Å². The largest absolute Gasteiger partial charge is 0.481 e. The van der Waals surface area contributed by atoms with Crippen molar-refractivity contribution in [2.45, 2.75) is 18.6 Å². The second-order valence-electron chi connectivity index (χ2n) is 4.14. The molecule has 22 heavy (non-hydrogen) atoms. The lowest BCUT2D eigenvalue weighted by Gasteiger charge is -2.16. The molecule has 0 fully saturated rings. The monoisotopic (exact) mass is 327 g/mol. The van der Waals surface area contributed by atoms with E-state index < -0.39 is 54.5 Å². The Labute approximate surface area is 120 Å². The predicted octanol–water partition coefficient (Wildman–Crippen LogP) is 1.87. The van der Waals surface area contributed by atoms with Gasteiger partial charge >= 0.3 is 12.1 Å². The molecule has 0 aromatic heterocycles. The van der Waals surface area contributed by atoms with Crippen molar-refractivity contribution in [2.24, 2.45) is 0 Å². The molecule has 1 aromatic rings. The molecule has 0 aliphatic heterocycles. The Morgan fingerprint density at radius 2 is 1.91 bits per heavy atom. The Balaban J connectivity index is 2.59. The number of nitrogens with one attached hydrogen (secondary N) is 1. The summed E-state index contributed by atoms with van der Waals surface area (Å²) in [6.07, 6.45) is -6.56. The zero-order valence-corrected chi connectivity index (χ0v) is 10.8. The van der Waals surface area contributed by atoms with E-state index in [9.17, 15) is 31.5 Å². The lowest BCUT2D eigenvalue weighted by atomic mass is 10.2. The number of hydrogen-bond donors (Lipinski definition) is 2. The molecule has 0 aliphatic rings. The molecule has 0 spiro atoms. The predicted molar refractivity (Wildman–Crippen MR) is 62.1 cm³/mol. The number of hydrogen-bond acceptors (Lipinski definition) is 3. The first-order chi connectivity index (χ1) is 10.1. The van der Waals surface area contributed by atoms with Gasteiger partial charge in [0.25, 0.3) is 5.91 Å². The fourth-order valence-electron chi connectivity index (χ4n) is 1.40. The Bertz CT molecular complexity index is 561. The van der Waals surface area contributed by atoms with Crippen LogP contribution in [0.25, 0.3) is 0 Å². The minimum Gasteiger partial charge on any atom is -0.481 e. The van der Waals surface area contributed by atoms with Crippen LogP contribution in [0.5, 0.6) is 5.75 Å². The Kier molecular flexibility index (Phi) is 5.66. The zero-order chi connectivity index (χ0) is 16.9. The van der Waals surface area contributed by atoms with Crippen LogP contribution < -0.4 is 10.1 Å². The molecule has 0 saturated carbocycles. The average Bonchev–Trinajstić information content (AvgIpc) is 2.35. The SMILES string of the molecule is O=C(COc1ccc(F)cc1F)NC(CC(F)(F)F)C(=O)O. The summed E-state index contributed by atoms with van der Waals surface area (Å²) in [5.41, 5.74) is 0. The summed E-state index contributed by atoms with van der Waals surface area (Å²) in [4.78, 5) is 22.0. The van der Waals surface area contributed by atoms with Crippen LogP contribution in [-0.2, 0) is 9.59 Å². The normalized spacial score (nSPS) is 12.6. The Morgan fingerprint density at radius 3 is 2.41 bits per heavy atom. The first kappa shape index (κ1) is 17.7. The van der Waals surface area contributed by atoms with Gasteiger partial charge in [0.2, 0.25) is 0 Å². The molecule has 0 bridgehead atoms. The second-order valence-corrected chi connectivity index (χ2v) is 4.14. The second kappa shape index (κ2) is 7.05. The summed E-state index contributed by atoms with van der Waals surface area (Å²) in [6, 6.07) is 0.0217. The molecular weight excluding hydrogens is 317 g/mol. The number of carbonyl (C=O) groups is 2. The van der Waals surface area contributed by atoms with E-state index in [1.54, 1.807) is 5.32 Å². The quantitative estimate of drug-likeness (QED) is 0.782. The van der Waals surface area contributed by atoms with Crippen molar-refractivity contribution >= 4 is 11.9 Å². The summed E-state index contributed by atoms with van der Waals surface area (Å²) < 4.78 is 66.8. The molecule has 2 N–H and O–H groups in total. The number of carboxylic acids is 1. The molecule has 5 nitrogen and oxygen atoms in total. The minimum absolute atomic E-state index is 0.483. The van der Waals surface area contributed by atoms with Crippen LogP contribution in [0, 0.1) is 11.6 Å². The fraction of sp³-hybridized carbons (Fsp3) is 0.333. The van der Waals surface area contributed by atoms with E-state index in [4.69, 9.17) is 5.11 Å².